The summed E-state index contributed by atoms with van der Waals surface area (Å²) in [6, 6.07) is 4.40. The maximum atomic E-state index is 13.5. The molecule has 0 aliphatic rings. The molecule has 1 aromatic carbocycles. The van der Waals surface area contributed by atoms with Gasteiger partial charge in [-0.2, -0.15) is 0 Å². The van der Waals surface area contributed by atoms with Gasteiger partial charge in [-0.3, -0.25) is 9.59 Å². The van der Waals surface area contributed by atoms with Crippen LogP contribution in [0.15, 0.2) is 35.3 Å². The van der Waals surface area contributed by atoms with Crippen molar-refractivity contribution in [3.05, 3.63) is 68.3 Å². The first-order valence-corrected chi connectivity index (χ1v) is 6.86. The van der Waals surface area contributed by atoms with E-state index in [1.54, 1.807) is 6.92 Å². The third-order valence-corrected chi connectivity index (χ3v) is 3.44. The van der Waals surface area contributed by atoms with Crippen molar-refractivity contribution in [1.29, 1.82) is 0 Å². The van der Waals surface area contributed by atoms with Crippen LogP contribution in [0.1, 0.15) is 27.7 Å². The third kappa shape index (κ3) is 3.52. The van der Waals surface area contributed by atoms with Gasteiger partial charge in [-0.15, -0.1) is 0 Å². The fraction of sp³-hybridized carbons (Fsp3) is 0.200. The van der Waals surface area contributed by atoms with Gasteiger partial charge in [0.05, 0.1) is 17.7 Å². The predicted molar refractivity (Wildman–Crippen MR) is 80.5 cm³/mol. The molecule has 0 spiro atoms. The molecule has 1 heterocycles. The van der Waals surface area contributed by atoms with Crippen LogP contribution in [-0.2, 0) is 0 Å². The number of aromatic nitrogens is 1. The second-order valence-electron chi connectivity index (χ2n) is 4.78. The van der Waals surface area contributed by atoms with Gasteiger partial charge in [0.15, 0.2) is 5.43 Å². The zero-order chi connectivity index (χ0) is 16.3. The van der Waals surface area contributed by atoms with Crippen LogP contribution in [0, 0.1) is 12.7 Å². The van der Waals surface area contributed by atoms with Gasteiger partial charge in [0.2, 0.25) is 0 Å². The molecular weight excluding hydrogens is 311 g/mol. The van der Waals surface area contributed by atoms with E-state index in [9.17, 15) is 19.1 Å². The zero-order valence-corrected chi connectivity index (χ0v) is 12.4. The van der Waals surface area contributed by atoms with Gasteiger partial charge in [-0.05, 0) is 24.6 Å². The second kappa shape index (κ2) is 6.72. The number of hydrogen-bond acceptors (Lipinski definition) is 3. The molecule has 1 aromatic heterocycles. The Bertz CT molecular complexity index is 761. The number of aromatic amines is 1. The van der Waals surface area contributed by atoms with E-state index in [0.717, 1.165) is 6.07 Å². The zero-order valence-electron chi connectivity index (χ0n) is 11.7. The first-order chi connectivity index (χ1) is 10.4. The fourth-order valence-corrected chi connectivity index (χ4v) is 2.07. The number of amides is 1. The molecule has 0 bridgehead atoms. The van der Waals surface area contributed by atoms with Crippen molar-refractivity contribution in [3.63, 3.8) is 0 Å². The highest BCUT2D eigenvalue weighted by Gasteiger charge is 2.18. The molecule has 0 unspecified atom stereocenters. The van der Waals surface area contributed by atoms with Crippen molar-refractivity contribution in [1.82, 2.24) is 10.3 Å². The summed E-state index contributed by atoms with van der Waals surface area (Å²) in [5.74, 6) is -1.31. The van der Waals surface area contributed by atoms with E-state index in [2.05, 4.69) is 10.3 Å². The Morgan fingerprint density at radius 2 is 2.18 bits per heavy atom. The van der Waals surface area contributed by atoms with Crippen molar-refractivity contribution in [3.8, 4) is 0 Å². The summed E-state index contributed by atoms with van der Waals surface area (Å²) in [4.78, 5) is 26.6. The van der Waals surface area contributed by atoms with Crippen LogP contribution in [0.2, 0.25) is 5.02 Å². The summed E-state index contributed by atoms with van der Waals surface area (Å²) in [6.07, 6.45) is 1.30. The number of benzene rings is 1. The number of aliphatic hydroxyl groups is 1. The molecule has 0 fully saturated rings. The summed E-state index contributed by atoms with van der Waals surface area (Å²) < 4.78 is 13.5. The minimum Gasteiger partial charge on any atom is -0.394 e. The van der Waals surface area contributed by atoms with Crippen LogP contribution in [0.4, 0.5) is 4.39 Å². The summed E-state index contributed by atoms with van der Waals surface area (Å²) in [6.45, 7) is 1.24. The minimum atomic E-state index is -0.847. The molecule has 1 atom stereocenters. The summed E-state index contributed by atoms with van der Waals surface area (Å²) in [7, 11) is 0. The standard InChI is InChI=1S/C15H14ClFN2O3/c1-8-4-14(21)10(6-18-8)15(22)19-13(7-20)9-2-3-11(16)12(17)5-9/h2-6,13,20H,7H2,1H3,(H,18,21)(H,19,22)/t13-/m0/s1. The Morgan fingerprint density at radius 3 is 2.77 bits per heavy atom. The lowest BCUT2D eigenvalue weighted by Gasteiger charge is -2.17. The van der Waals surface area contributed by atoms with Crippen molar-refractivity contribution >= 4 is 17.5 Å². The van der Waals surface area contributed by atoms with Gasteiger partial charge in [0.1, 0.15) is 11.4 Å². The first kappa shape index (κ1) is 16.2. The van der Waals surface area contributed by atoms with E-state index in [0.29, 0.717) is 11.3 Å². The molecule has 2 aromatic rings. The Kier molecular flexibility index (Phi) is 4.95. The number of rotatable bonds is 4. The van der Waals surface area contributed by atoms with Gasteiger partial charge in [0, 0.05) is 18.0 Å². The monoisotopic (exact) mass is 324 g/mol. The lowest BCUT2D eigenvalue weighted by molar-refractivity contribution is 0.0914. The maximum Gasteiger partial charge on any atom is 0.257 e. The van der Waals surface area contributed by atoms with E-state index in [4.69, 9.17) is 11.6 Å². The van der Waals surface area contributed by atoms with Gasteiger partial charge in [-0.1, -0.05) is 17.7 Å². The molecule has 0 aliphatic heterocycles. The van der Waals surface area contributed by atoms with E-state index < -0.39 is 29.8 Å². The number of H-pyrrole nitrogens is 1. The van der Waals surface area contributed by atoms with E-state index in [-0.39, 0.29) is 10.6 Å². The predicted octanol–water partition coefficient (Wildman–Crippen LogP) is 1.94. The number of nitrogens with one attached hydrogen (secondary N) is 2. The Hall–Kier alpha value is -2.18. The molecule has 0 saturated carbocycles. The lowest BCUT2D eigenvalue weighted by Crippen LogP contribution is -2.34. The van der Waals surface area contributed by atoms with Crippen molar-refractivity contribution < 1.29 is 14.3 Å². The molecule has 1 amide bonds. The number of pyridine rings is 1. The van der Waals surface area contributed by atoms with Crippen LogP contribution in [-0.4, -0.2) is 22.6 Å². The normalized spacial score (nSPS) is 12.0. The Labute approximate surface area is 130 Å². The molecule has 2 rings (SSSR count). The highest BCUT2D eigenvalue weighted by molar-refractivity contribution is 6.30. The smallest absolute Gasteiger partial charge is 0.257 e. The molecule has 116 valence electrons. The average molecular weight is 325 g/mol. The van der Waals surface area contributed by atoms with Crippen LogP contribution >= 0.6 is 11.6 Å². The molecular formula is C15H14ClFN2O3. The number of halogens is 2. The molecule has 3 N–H and O–H groups in total. The molecule has 7 heteroatoms. The van der Waals surface area contributed by atoms with Gasteiger partial charge in [0.25, 0.3) is 5.91 Å². The largest absolute Gasteiger partial charge is 0.394 e. The maximum absolute atomic E-state index is 13.5. The van der Waals surface area contributed by atoms with E-state index in [1.807, 2.05) is 0 Å². The molecule has 5 nitrogen and oxygen atoms in total. The third-order valence-electron chi connectivity index (χ3n) is 3.14. The number of hydrogen-bond donors (Lipinski definition) is 3. The van der Waals surface area contributed by atoms with Crippen LogP contribution in [0.25, 0.3) is 0 Å². The van der Waals surface area contributed by atoms with Gasteiger partial charge in [-0.25, -0.2) is 4.39 Å². The summed E-state index contributed by atoms with van der Waals surface area (Å²) >= 11 is 5.60. The van der Waals surface area contributed by atoms with Crippen molar-refractivity contribution in [2.45, 2.75) is 13.0 Å². The van der Waals surface area contributed by atoms with Crippen LogP contribution in [0.5, 0.6) is 0 Å². The topological polar surface area (TPSA) is 82.2 Å². The number of carbonyl (C=O) groups excluding carboxylic acids is 1. The van der Waals surface area contributed by atoms with E-state index in [1.165, 1.54) is 24.4 Å². The van der Waals surface area contributed by atoms with Crippen LogP contribution < -0.4 is 10.7 Å². The molecule has 22 heavy (non-hydrogen) atoms. The molecule has 0 radical (unpaired) electrons. The van der Waals surface area contributed by atoms with Gasteiger partial charge < -0.3 is 15.4 Å². The highest BCUT2D eigenvalue weighted by Crippen LogP contribution is 2.20. The van der Waals surface area contributed by atoms with Crippen molar-refractivity contribution in [2.24, 2.45) is 0 Å². The highest BCUT2D eigenvalue weighted by atomic mass is 35.5. The quantitative estimate of drug-likeness (QED) is 0.804. The summed E-state index contributed by atoms with van der Waals surface area (Å²) in [5, 5.41) is 11.8. The summed E-state index contributed by atoms with van der Waals surface area (Å²) in [5.41, 5.74) is 0.451. The lowest BCUT2D eigenvalue weighted by atomic mass is 10.1. The Morgan fingerprint density at radius 1 is 1.45 bits per heavy atom. The molecule has 0 saturated heterocycles. The minimum absolute atomic E-state index is 0.0539. The average Bonchev–Trinajstić information content (AvgIpc) is 2.47. The first-order valence-electron chi connectivity index (χ1n) is 6.48. The Balaban J connectivity index is 2.24. The van der Waals surface area contributed by atoms with E-state index >= 15 is 0 Å². The number of aliphatic hydroxyl groups excluding tert-OH is 1. The SMILES string of the molecule is Cc1cc(=O)c(C(=O)N[C@@H](CO)c2ccc(Cl)c(F)c2)c[nH]1. The van der Waals surface area contributed by atoms with Gasteiger partial charge >= 0.3 is 0 Å². The number of carbonyl (C=O) groups is 1. The van der Waals surface area contributed by atoms with Crippen LogP contribution in [0.3, 0.4) is 0 Å². The fourth-order valence-electron chi connectivity index (χ4n) is 1.95. The number of aryl methyl sites for hydroxylation is 1. The molecule has 0 aliphatic carbocycles. The second-order valence-corrected chi connectivity index (χ2v) is 5.18. The van der Waals surface area contributed by atoms with Crippen molar-refractivity contribution in [2.75, 3.05) is 6.61 Å².